The zero-order chi connectivity index (χ0) is 14.1. The topological polar surface area (TPSA) is 62.2 Å². The minimum absolute atomic E-state index is 0.00530. The quantitative estimate of drug-likeness (QED) is 0.898. The van der Waals surface area contributed by atoms with Gasteiger partial charge in [0.2, 0.25) is 0 Å². The molecule has 1 aromatic carbocycles. The van der Waals surface area contributed by atoms with Crippen molar-refractivity contribution in [3.05, 3.63) is 59.0 Å². The van der Waals surface area contributed by atoms with Crippen molar-refractivity contribution in [3.63, 3.8) is 0 Å². The maximum Gasteiger partial charge on any atom is 0.338 e. The number of hydrogen-bond acceptors (Lipinski definition) is 3. The summed E-state index contributed by atoms with van der Waals surface area (Å²) < 4.78 is 13.9. The molecule has 1 aromatic heterocycles. The van der Waals surface area contributed by atoms with Gasteiger partial charge < -0.3 is 10.4 Å². The third-order valence-corrected chi connectivity index (χ3v) is 3.60. The molecule has 0 amide bonds. The number of aromatic carboxylic acids is 1. The molecule has 0 spiro atoms. The molecule has 2 aromatic rings. The molecule has 5 heteroatoms. The molecule has 0 aliphatic heterocycles. The average Bonchev–Trinajstić information content (AvgIpc) is 2.41. The SMILES string of the molecule is O=C(O)c1ccnc(NCC2Cc3ccccc32)c1F. The first-order valence-corrected chi connectivity index (χ1v) is 6.36. The van der Waals surface area contributed by atoms with Gasteiger partial charge in [-0.05, 0) is 23.6 Å². The molecule has 0 fully saturated rings. The Hall–Kier alpha value is -2.43. The summed E-state index contributed by atoms with van der Waals surface area (Å²) in [6.07, 6.45) is 2.24. The first kappa shape index (κ1) is 12.6. The number of halogens is 1. The number of carbonyl (C=O) groups is 1. The van der Waals surface area contributed by atoms with E-state index in [1.807, 2.05) is 12.1 Å². The number of carboxylic acid groups (broad SMARTS) is 1. The van der Waals surface area contributed by atoms with Crippen LogP contribution in [0.1, 0.15) is 27.4 Å². The largest absolute Gasteiger partial charge is 0.478 e. The van der Waals surface area contributed by atoms with Gasteiger partial charge in [-0.15, -0.1) is 0 Å². The first-order chi connectivity index (χ1) is 9.66. The van der Waals surface area contributed by atoms with E-state index in [-0.39, 0.29) is 11.4 Å². The number of anilines is 1. The molecule has 3 rings (SSSR count). The predicted octanol–water partition coefficient (Wildman–Crippen LogP) is 2.67. The molecular formula is C15H13FN2O2. The number of hydrogen-bond donors (Lipinski definition) is 2. The van der Waals surface area contributed by atoms with Gasteiger partial charge in [0.25, 0.3) is 0 Å². The zero-order valence-electron chi connectivity index (χ0n) is 10.6. The lowest BCUT2D eigenvalue weighted by molar-refractivity contribution is 0.0692. The smallest absolute Gasteiger partial charge is 0.338 e. The van der Waals surface area contributed by atoms with Crippen LogP contribution in [0.5, 0.6) is 0 Å². The maximum absolute atomic E-state index is 13.9. The van der Waals surface area contributed by atoms with Crippen LogP contribution in [0.25, 0.3) is 0 Å². The fraction of sp³-hybridized carbons (Fsp3) is 0.200. The summed E-state index contributed by atoms with van der Waals surface area (Å²) in [5, 5.41) is 11.8. The average molecular weight is 272 g/mol. The second-order valence-electron chi connectivity index (χ2n) is 4.81. The number of benzene rings is 1. The van der Waals surface area contributed by atoms with E-state index in [0.29, 0.717) is 12.5 Å². The summed E-state index contributed by atoms with van der Waals surface area (Å²) in [6, 6.07) is 9.27. The van der Waals surface area contributed by atoms with Gasteiger partial charge in [-0.2, -0.15) is 0 Å². The van der Waals surface area contributed by atoms with Gasteiger partial charge in [-0.1, -0.05) is 24.3 Å². The van der Waals surface area contributed by atoms with Gasteiger partial charge in [0.05, 0.1) is 0 Å². The van der Waals surface area contributed by atoms with Crippen LogP contribution in [0, 0.1) is 5.82 Å². The highest BCUT2D eigenvalue weighted by molar-refractivity contribution is 5.88. The standard InChI is InChI=1S/C15H13FN2O2/c16-13-12(15(19)20)5-6-17-14(13)18-8-10-7-9-3-1-2-4-11(9)10/h1-6,10H,7-8H2,(H,17,18)(H,19,20). The summed E-state index contributed by atoms with van der Waals surface area (Å²) in [4.78, 5) is 14.7. The van der Waals surface area contributed by atoms with Crippen LogP contribution in [-0.2, 0) is 6.42 Å². The summed E-state index contributed by atoms with van der Waals surface area (Å²) in [5.74, 6) is -1.79. The van der Waals surface area contributed by atoms with Crippen molar-refractivity contribution in [1.29, 1.82) is 0 Å². The van der Waals surface area contributed by atoms with Gasteiger partial charge in [0.15, 0.2) is 11.6 Å². The van der Waals surface area contributed by atoms with Gasteiger partial charge in [0, 0.05) is 18.7 Å². The lowest BCUT2D eigenvalue weighted by atomic mass is 9.77. The van der Waals surface area contributed by atoms with E-state index < -0.39 is 11.8 Å². The fourth-order valence-corrected chi connectivity index (χ4v) is 2.50. The minimum Gasteiger partial charge on any atom is -0.478 e. The van der Waals surface area contributed by atoms with Crippen molar-refractivity contribution in [1.82, 2.24) is 4.98 Å². The van der Waals surface area contributed by atoms with Crippen molar-refractivity contribution < 1.29 is 14.3 Å². The lowest BCUT2D eigenvalue weighted by Gasteiger charge is -2.30. The molecule has 0 saturated heterocycles. The number of nitrogens with one attached hydrogen (secondary N) is 1. The molecule has 1 atom stereocenters. The van der Waals surface area contributed by atoms with Crippen molar-refractivity contribution in [2.45, 2.75) is 12.3 Å². The van der Waals surface area contributed by atoms with Gasteiger partial charge in [0.1, 0.15) is 5.56 Å². The molecule has 1 aliphatic carbocycles. The fourth-order valence-electron chi connectivity index (χ4n) is 2.50. The zero-order valence-corrected chi connectivity index (χ0v) is 10.6. The molecule has 2 N–H and O–H groups in total. The Labute approximate surface area is 115 Å². The summed E-state index contributed by atoms with van der Waals surface area (Å²) in [5.41, 5.74) is 2.21. The van der Waals surface area contributed by atoms with Gasteiger partial charge in [-0.25, -0.2) is 14.2 Å². The highest BCUT2D eigenvalue weighted by atomic mass is 19.1. The van der Waals surface area contributed by atoms with Crippen LogP contribution in [0.4, 0.5) is 10.2 Å². The number of rotatable bonds is 4. The van der Waals surface area contributed by atoms with E-state index in [9.17, 15) is 9.18 Å². The molecule has 20 heavy (non-hydrogen) atoms. The van der Waals surface area contributed by atoms with Crippen LogP contribution in [0.3, 0.4) is 0 Å². The van der Waals surface area contributed by atoms with Crippen LogP contribution >= 0.6 is 0 Å². The maximum atomic E-state index is 13.9. The van der Waals surface area contributed by atoms with E-state index in [0.717, 1.165) is 12.5 Å². The summed E-state index contributed by atoms with van der Waals surface area (Å²) in [7, 11) is 0. The Bertz CT molecular complexity index is 673. The normalized spacial score (nSPS) is 16.1. The van der Waals surface area contributed by atoms with Crippen molar-refractivity contribution in [2.75, 3.05) is 11.9 Å². The van der Waals surface area contributed by atoms with E-state index >= 15 is 0 Å². The number of nitrogens with zero attached hydrogens (tertiary/aromatic N) is 1. The molecule has 1 unspecified atom stereocenters. The molecule has 1 aliphatic rings. The number of pyridine rings is 1. The molecule has 4 nitrogen and oxygen atoms in total. The molecule has 0 radical (unpaired) electrons. The van der Waals surface area contributed by atoms with Crippen molar-refractivity contribution in [2.24, 2.45) is 0 Å². The van der Waals surface area contributed by atoms with Gasteiger partial charge >= 0.3 is 5.97 Å². The summed E-state index contributed by atoms with van der Waals surface area (Å²) >= 11 is 0. The molecule has 1 heterocycles. The van der Waals surface area contributed by atoms with Crippen molar-refractivity contribution >= 4 is 11.8 Å². The predicted molar refractivity (Wildman–Crippen MR) is 72.5 cm³/mol. The van der Waals surface area contributed by atoms with Crippen LogP contribution < -0.4 is 5.32 Å². The van der Waals surface area contributed by atoms with E-state index in [4.69, 9.17) is 5.11 Å². The first-order valence-electron chi connectivity index (χ1n) is 6.36. The third-order valence-electron chi connectivity index (χ3n) is 3.60. The third kappa shape index (κ3) is 2.11. The second-order valence-corrected chi connectivity index (χ2v) is 4.81. The van der Waals surface area contributed by atoms with Gasteiger partial charge in [-0.3, -0.25) is 0 Å². The number of carboxylic acids is 1. The Balaban J connectivity index is 1.72. The molecule has 102 valence electrons. The number of aromatic nitrogens is 1. The Morgan fingerprint density at radius 1 is 1.40 bits per heavy atom. The Morgan fingerprint density at radius 3 is 2.95 bits per heavy atom. The van der Waals surface area contributed by atoms with E-state index in [2.05, 4.69) is 22.4 Å². The van der Waals surface area contributed by atoms with Crippen LogP contribution in [0.15, 0.2) is 36.5 Å². The highest BCUT2D eigenvalue weighted by Crippen LogP contribution is 2.34. The Kier molecular flexibility index (Phi) is 3.10. The van der Waals surface area contributed by atoms with Crippen LogP contribution in [0.2, 0.25) is 0 Å². The highest BCUT2D eigenvalue weighted by Gasteiger charge is 2.25. The lowest BCUT2D eigenvalue weighted by Crippen LogP contribution is -2.25. The van der Waals surface area contributed by atoms with Crippen LogP contribution in [-0.4, -0.2) is 22.6 Å². The Morgan fingerprint density at radius 2 is 2.20 bits per heavy atom. The van der Waals surface area contributed by atoms with E-state index in [1.165, 1.54) is 17.3 Å². The number of fused-ring (bicyclic) bond motifs is 1. The van der Waals surface area contributed by atoms with E-state index in [1.54, 1.807) is 0 Å². The van der Waals surface area contributed by atoms with Crippen molar-refractivity contribution in [3.8, 4) is 0 Å². The minimum atomic E-state index is -1.29. The monoisotopic (exact) mass is 272 g/mol. The molecular weight excluding hydrogens is 259 g/mol. The molecule has 0 saturated carbocycles. The second kappa shape index (κ2) is 4.92. The summed E-state index contributed by atoms with van der Waals surface area (Å²) in [6.45, 7) is 0.546. The molecule has 0 bridgehead atoms.